The molecule has 1 rings (SSSR count). The highest BCUT2D eigenvalue weighted by atomic mass is 16.2. The maximum absolute atomic E-state index is 12.0. The Morgan fingerprint density at radius 1 is 1.47 bits per heavy atom. The molecule has 0 aliphatic heterocycles. The van der Waals surface area contributed by atoms with Crippen molar-refractivity contribution in [2.75, 3.05) is 25.5 Å². The van der Waals surface area contributed by atoms with Gasteiger partial charge in [0.2, 0.25) is 0 Å². The maximum Gasteiger partial charge on any atom is 0.257 e. The van der Waals surface area contributed by atoms with Crippen molar-refractivity contribution in [3.8, 4) is 0 Å². The smallest absolute Gasteiger partial charge is 0.257 e. The molecule has 0 fully saturated rings. The first-order chi connectivity index (χ1) is 7.24. The molecule has 0 radical (unpaired) electrons. The Kier molecular flexibility index (Phi) is 4.09. The molecule has 4 nitrogen and oxygen atoms in total. The van der Waals surface area contributed by atoms with Crippen LogP contribution in [-0.2, 0) is 0 Å². The Hall–Kier alpha value is -1.58. The number of carbonyl (C=O) groups excluding carboxylic acids is 1. The predicted molar refractivity (Wildman–Crippen MR) is 61.0 cm³/mol. The van der Waals surface area contributed by atoms with Gasteiger partial charge in [-0.05, 0) is 19.9 Å². The minimum Gasteiger partial charge on any atom is -0.387 e. The van der Waals surface area contributed by atoms with Crippen molar-refractivity contribution in [2.45, 2.75) is 13.8 Å². The van der Waals surface area contributed by atoms with Gasteiger partial charge in [0, 0.05) is 38.2 Å². The van der Waals surface area contributed by atoms with Gasteiger partial charge < -0.3 is 10.2 Å². The minimum absolute atomic E-state index is 0.0254. The zero-order valence-electron chi connectivity index (χ0n) is 9.45. The van der Waals surface area contributed by atoms with Crippen molar-refractivity contribution in [2.24, 2.45) is 0 Å². The van der Waals surface area contributed by atoms with Crippen molar-refractivity contribution < 1.29 is 4.79 Å². The van der Waals surface area contributed by atoms with Gasteiger partial charge in [0.05, 0.1) is 5.56 Å². The first-order valence-corrected chi connectivity index (χ1v) is 5.15. The molecule has 0 unspecified atom stereocenters. The SMILES string of the molecule is CCN(CC)C(=O)c1cnccc1NC. The van der Waals surface area contributed by atoms with Crippen LogP contribution in [0.4, 0.5) is 5.69 Å². The van der Waals surface area contributed by atoms with E-state index in [-0.39, 0.29) is 5.91 Å². The van der Waals surface area contributed by atoms with E-state index in [1.807, 2.05) is 13.8 Å². The molecule has 15 heavy (non-hydrogen) atoms. The van der Waals surface area contributed by atoms with E-state index in [2.05, 4.69) is 10.3 Å². The van der Waals surface area contributed by atoms with Crippen molar-refractivity contribution in [1.82, 2.24) is 9.88 Å². The number of carbonyl (C=O) groups is 1. The van der Waals surface area contributed by atoms with E-state index in [0.29, 0.717) is 18.7 Å². The third kappa shape index (κ3) is 2.46. The van der Waals surface area contributed by atoms with Crippen LogP contribution in [0.25, 0.3) is 0 Å². The fourth-order valence-corrected chi connectivity index (χ4v) is 1.46. The van der Waals surface area contributed by atoms with Crippen molar-refractivity contribution >= 4 is 11.6 Å². The van der Waals surface area contributed by atoms with Gasteiger partial charge in [-0.3, -0.25) is 9.78 Å². The molecule has 0 saturated carbocycles. The van der Waals surface area contributed by atoms with Gasteiger partial charge in [0.1, 0.15) is 0 Å². The standard InChI is InChI=1S/C11H17N3O/c1-4-14(5-2)11(15)9-8-13-7-6-10(9)12-3/h6-8H,4-5H2,1-3H3,(H,12,13). The van der Waals surface area contributed by atoms with Crippen molar-refractivity contribution in [1.29, 1.82) is 0 Å². The quantitative estimate of drug-likeness (QED) is 0.815. The number of anilines is 1. The number of aromatic nitrogens is 1. The van der Waals surface area contributed by atoms with E-state index in [1.54, 1.807) is 30.4 Å². The molecule has 4 heteroatoms. The summed E-state index contributed by atoms with van der Waals surface area (Å²) < 4.78 is 0. The molecule has 0 atom stereocenters. The fourth-order valence-electron chi connectivity index (χ4n) is 1.46. The van der Waals surface area contributed by atoms with Gasteiger partial charge >= 0.3 is 0 Å². The summed E-state index contributed by atoms with van der Waals surface area (Å²) >= 11 is 0. The van der Waals surface area contributed by atoms with Crippen LogP contribution in [0.3, 0.4) is 0 Å². The minimum atomic E-state index is 0.0254. The van der Waals surface area contributed by atoms with Crippen molar-refractivity contribution in [3.63, 3.8) is 0 Å². The van der Waals surface area contributed by atoms with Crippen LogP contribution in [0.5, 0.6) is 0 Å². The highest BCUT2D eigenvalue weighted by Gasteiger charge is 2.15. The Labute approximate surface area is 90.3 Å². The van der Waals surface area contributed by atoms with E-state index in [9.17, 15) is 4.79 Å². The van der Waals surface area contributed by atoms with Crippen molar-refractivity contribution in [3.05, 3.63) is 24.0 Å². The number of nitrogens with zero attached hydrogens (tertiary/aromatic N) is 2. The van der Waals surface area contributed by atoms with Crippen LogP contribution in [0.15, 0.2) is 18.5 Å². The molecule has 0 aromatic carbocycles. The number of rotatable bonds is 4. The fraction of sp³-hybridized carbons (Fsp3) is 0.455. The molecule has 1 amide bonds. The Balaban J connectivity index is 2.99. The lowest BCUT2D eigenvalue weighted by Gasteiger charge is -2.19. The maximum atomic E-state index is 12.0. The van der Waals surface area contributed by atoms with Gasteiger partial charge in [0.25, 0.3) is 5.91 Å². The average Bonchev–Trinajstić information content (AvgIpc) is 2.30. The molecule has 0 aliphatic carbocycles. The topological polar surface area (TPSA) is 45.2 Å². The summed E-state index contributed by atoms with van der Waals surface area (Å²) in [5.41, 5.74) is 1.45. The van der Waals surface area contributed by atoms with Crippen LogP contribution in [0.1, 0.15) is 24.2 Å². The number of hydrogen-bond donors (Lipinski definition) is 1. The lowest BCUT2D eigenvalue weighted by Crippen LogP contribution is -2.31. The molecular weight excluding hydrogens is 190 g/mol. The molecule has 0 saturated heterocycles. The first kappa shape index (κ1) is 11.5. The monoisotopic (exact) mass is 207 g/mol. The Morgan fingerprint density at radius 3 is 2.67 bits per heavy atom. The van der Waals surface area contributed by atoms with Crippen LogP contribution >= 0.6 is 0 Å². The van der Waals surface area contributed by atoms with E-state index < -0.39 is 0 Å². The van der Waals surface area contributed by atoms with E-state index >= 15 is 0 Å². The first-order valence-electron chi connectivity index (χ1n) is 5.15. The predicted octanol–water partition coefficient (Wildman–Crippen LogP) is 1.61. The number of hydrogen-bond acceptors (Lipinski definition) is 3. The second-order valence-corrected chi connectivity index (χ2v) is 3.15. The normalized spacial score (nSPS) is 9.80. The van der Waals surface area contributed by atoms with Crippen LogP contribution < -0.4 is 5.32 Å². The van der Waals surface area contributed by atoms with Crippen LogP contribution in [-0.4, -0.2) is 35.9 Å². The van der Waals surface area contributed by atoms with E-state index in [1.165, 1.54) is 0 Å². The second kappa shape index (κ2) is 5.34. The summed E-state index contributed by atoms with van der Waals surface area (Å²) in [6.45, 7) is 5.37. The molecule has 82 valence electrons. The summed E-state index contributed by atoms with van der Waals surface area (Å²) in [6.07, 6.45) is 3.28. The third-order valence-electron chi connectivity index (χ3n) is 2.37. The number of pyridine rings is 1. The van der Waals surface area contributed by atoms with E-state index in [0.717, 1.165) is 5.69 Å². The number of amides is 1. The highest BCUT2D eigenvalue weighted by molar-refractivity contribution is 5.99. The largest absolute Gasteiger partial charge is 0.387 e. The van der Waals surface area contributed by atoms with Gasteiger partial charge in [0.15, 0.2) is 0 Å². The van der Waals surface area contributed by atoms with Gasteiger partial charge in [-0.2, -0.15) is 0 Å². The average molecular weight is 207 g/mol. The lowest BCUT2D eigenvalue weighted by molar-refractivity contribution is 0.0773. The summed E-state index contributed by atoms with van der Waals surface area (Å²) in [4.78, 5) is 17.8. The zero-order chi connectivity index (χ0) is 11.3. The molecule has 0 spiro atoms. The third-order valence-corrected chi connectivity index (χ3v) is 2.37. The van der Waals surface area contributed by atoms with Gasteiger partial charge in [-0.1, -0.05) is 0 Å². The number of nitrogens with one attached hydrogen (secondary N) is 1. The summed E-state index contributed by atoms with van der Waals surface area (Å²) in [6, 6.07) is 1.80. The lowest BCUT2D eigenvalue weighted by atomic mass is 10.2. The second-order valence-electron chi connectivity index (χ2n) is 3.15. The molecule has 1 N–H and O–H groups in total. The van der Waals surface area contributed by atoms with Crippen LogP contribution in [0.2, 0.25) is 0 Å². The molecule has 0 bridgehead atoms. The van der Waals surface area contributed by atoms with Gasteiger partial charge in [-0.25, -0.2) is 0 Å². The van der Waals surface area contributed by atoms with E-state index in [4.69, 9.17) is 0 Å². The molecular formula is C11H17N3O. The zero-order valence-corrected chi connectivity index (χ0v) is 9.45. The molecule has 1 aromatic heterocycles. The molecule has 1 aromatic rings. The highest BCUT2D eigenvalue weighted by Crippen LogP contribution is 2.14. The Morgan fingerprint density at radius 2 is 2.13 bits per heavy atom. The summed E-state index contributed by atoms with van der Waals surface area (Å²) in [5, 5.41) is 2.99. The summed E-state index contributed by atoms with van der Waals surface area (Å²) in [7, 11) is 1.80. The Bertz CT molecular complexity index is 334. The van der Waals surface area contributed by atoms with Crippen LogP contribution in [0, 0.1) is 0 Å². The van der Waals surface area contributed by atoms with Gasteiger partial charge in [-0.15, -0.1) is 0 Å². The molecule has 0 aliphatic rings. The molecule has 1 heterocycles. The summed E-state index contributed by atoms with van der Waals surface area (Å²) in [5.74, 6) is 0.0254.